The van der Waals surface area contributed by atoms with Gasteiger partial charge in [-0.05, 0) is 45.4 Å². The van der Waals surface area contributed by atoms with E-state index in [4.69, 9.17) is 16.2 Å². The van der Waals surface area contributed by atoms with Crippen LogP contribution in [0.1, 0.15) is 45.6 Å². The molecule has 2 aromatic heterocycles. The van der Waals surface area contributed by atoms with Crippen molar-refractivity contribution in [2.75, 3.05) is 6.54 Å². The molecule has 0 aliphatic heterocycles. The fraction of sp³-hybridized carbons (Fsp3) is 0.368. The van der Waals surface area contributed by atoms with Gasteiger partial charge in [-0.2, -0.15) is 5.10 Å². The number of carbonyl (C=O) groups is 1. The van der Waals surface area contributed by atoms with Crippen molar-refractivity contribution in [1.29, 1.82) is 0 Å². The number of amides is 1. The predicted octanol–water partition coefficient (Wildman–Crippen LogP) is 3.56. The Labute approximate surface area is 162 Å². The standard InChI is InChI=1S/C19H22ClN5O2/c1-5-24(11-17-12(2)22-27-23-17)19(26)16-8-6-7-15(9-16)10-25-14(4)18(20)13(3)21-25/h6-9H,5,10-11H2,1-4H3. The number of aromatic nitrogens is 4. The van der Waals surface area contributed by atoms with Crippen LogP contribution in [0.5, 0.6) is 0 Å². The summed E-state index contributed by atoms with van der Waals surface area (Å²) in [5.74, 6) is -0.0619. The number of hydrogen-bond acceptors (Lipinski definition) is 5. The summed E-state index contributed by atoms with van der Waals surface area (Å²) in [6.45, 7) is 9.03. The maximum Gasteiger partial charge on any atom is 0.254 e. The summed E-state index contributed by atoms with van der Waals surface area (Å²) < 4.78 is 6.58. The molecule has 1 amide bonds. The van der Waals surface area contributed by atoms with Crippen molar-refractivity contribution >= 4 is 17.5 Å². The first-order chi connectivity index (χ1) is 12.9. The molecule has 0 N–H and O–H groups in total. The lowest BCUT2D eigenvalue weighted by molar-refractivity contribution is 0.0748. The molecule has 0 spiro atoms. The van der Waals surface area contributed by atoms with Crippen molar-refractivity contribution < 1.29 is 9.42 Å². The van der Waals surface area contributed by atoms with Crippen LogP contribution >= 0.6 is 11.6 Å². The number of benzene rings is 1. The average molecular weight is 388 g/mol. The van der Waals surface area contributed by atoms with Crippen molar-refractivity contribution in [3.05, 3.63) is 63.2 Å². The smallest absolute Gasteiger partial charge is 0.254 e. The van der Waals surface area contributed by atoms with E-state index in [1.807, 2.05) is 56.6 Å². The van der Waals surface area contributed by atoms with Gasteiger partial charge in [-0.1, -0.05) is 34.0 Å². The zero-order valence-electron chi connectivity index (χ0n) is 15.9. The zero-order valence-corrected chi connectivity index (χ0v) is 16.6. The second kappa shape index (κ2) is 7.92. The summed E-state index contributed by atoms with van der Waals surface area (Å²) in [7, 11) is 0. The van der Waals surface area contributed by atoms with E-state index < -0.39 is 0 Å². The summed E-state index contributed by atoms with van der Waals surface area (Å²) in [5, 5.41) is 12.8. The maximum atomic E-state index is 12.9. The fourth-order valence-corrected chi connectivity index (χ4v) is 3.02. The molecule has 0 aliphatic rings. The molecule has 0 unspecified atom stereocenters. The van der Waals surface area contributed by atoms with Crippen LogP contribution in [0.4, 0.5) is 0 Å². The Balaban J connectivity index is 1.80. The van der Waals surface area contributed by atoms with E-state index in [1.165, 1.54) is 0 Å². The van der Waals surface area contributed by atoms with Gasteiger partial charge in [0.15, 0.2) is 0 Å². The first-order valence-corrected chi connectivity index (χ1v) is 9.14. The van der Waals surface area contributed by atoms with Gasteiger partial charge in [0.2, 0.25) is 0 Å². The molecule has 142 valence electrons. The van der Waals surface area contributed by atoms with Crippen LogP contribution in [0.3, 0.4) is 0 Å². The van der Waals surface area contributed by atoms with Crippen molar-refractivity contribution in [1.82, 2.24) is 25.0 Å². The van der Waals surface area contributed by atoms with Gasteiger partial charge in [0.05, 0.1) is 29.5 Å². The summed E-state index contributed by atoms with van der Waals surface area (Å²) in [5.41, 5.74) is 4.68. The van der Waals surface area contributed by atoms with Gasteiger partial charge in [-0.15, -0.1) is 0 Å². The molecule has 27 heavy (non-hydrogen) atoms. The second-order valence-corrected chi connectivity index (χ2v) is 6.84. The number of rotatable bonds is 6. The van der Waals surface area contributed by atoms with Crippen molar-refractivity contribution in [2.24, 2.45) is 0 Å². The summed E-state index contributed by atoms with van der Waals surface area (Å²) in [4.78, 5) is 14.7. The number of aryl methyl sites for hydroxylation is 2. The Kier molecular flexibility index (Phi) is 5.60. The highest BCUT2D eigenvalue weighted by Crippen LogP contribution is 2.20. The third-order valence-electron chi connectivity index (χ3n) is 4.56. The number of halogens is 1. The number of nitrogens with zero attached hydrogens (tertiary/aromatic N) is 5. The fourth-order valence-electron chi connectivity index (χ4n) is 2.89. The SMILES string of the molecule is CCN(Cc1nonc1C)C(=O)c1cccc(Cn2nc(C)c(Cl)c2C)c1. The van der Waals surface area contributed by atoms with E-state index in [1.54, 1.807) is 4.90 Å². The molecule has 0 fully saturated rings. The Morgan fingerprint density at radius 1 is 1.22 bits per heavy atom. The quantitative estimate of drug-likeness (QED) is 0.646. The van der Waals surface area contributed by atoms with Crippen LogP contribution in [-0.2, 0) is 13.1 Å². The van der Waals surface area contributed by atoms with Crippen LogP contribution in [0.2, 0.25) is 5.02 Å². The van der Waals surface area contributed by atoms with Gasteiger partial charge in [0, 0.05) is 12.1 Å². The van der Waals surface area contributed by atoms with E-state index in [-0.39, 0.29) is 5.91 Å². The second-order valence-electron chi connectivity index (χ2n) is 6.46. The molecule has 3 aromatic rings. The van der Waals surface area contributed by atoms with E-state index in [2.05, 4.69) is 15.4 Å². The van der Waals surface area contributed by atoms with Gasteiger partial charge < -0.3 is 4.90 Å². The molecule has 0 atom stereocenters. The normalized spacial score (nSPS) is 11.0. The average Bonchev–Trinajstić information content (AvgIpc) is 3.17. The zero-order chi connectivity index (χ0) is 19.6. The molecular weight excluding hydrogens is 366 g/mol. The van der Waals surface area contributed by atoms with Crippen LogP contribution < -0.4 is 0 Å². The summed E-state index contributed by atoms with van der Waals surface area (Å²) in [6, 6.07) is 7.57. The molecule has 2 heterocycles. The van der Waals surface area contributed by atoms with Crippen molar-refractivity contribution in [3.8, 4) is 0 Å². The summed E-state index contributed by atoms with van der Waals surface area (Å²) >= 11 is 6.22. The van der Waals surface area contributed by atoms with Crippen molar-refractivity contribution in [3.63, 3.8) is 0 Å². The Hall–Kier alpha value is -2.67. The first-order valence-electron chi connectivity index (χ1n) is 8.76. The molecule has 7 nitrogen and oxygen atoms in total. The van der Waals surface area contributed by atoms with Gasteiger partial charge in [0.25, 0.3) is 5.91 Å². The highest BCUT2D eigenvalue weighted by Gasteiger charge is 2.18. The minimum atomic E-state index is -0.0619. The largest absolute Gasteiger partial charge is 0.333 e. The Bertz CT molecular complexity index is 963. The lowest BCUT2D eigenvalue weighted by Crippen LogP contribution is -2.30. The molecule has 0 aliphatic carbocycles. The van der Waals surface area contributed by atoms with Gasteiger partial charge in [-0.25, -0.2) is 4.63 Å². The Morgan fingerprint density at radius 2 is 2.00 bits per heavy atom. The molecule has 0 radical (unpaired) electrons. The lowest BCUT2D eigenvalue weighted by Gasteiger charge is -2.20. The topological polar surface area (TPSA) is 77.0 Å². The molecule has 0 saturated heterocycles. The molecule has 0 bridgehead atoms. The highest BCUT2D eigenvalue weighted by atomic mass is 35.5. The lowest BCUT2D eigenvalue weighted by atomic mass is 10.1. The third-order valence-corrected chi connectivity index (χ3v) is 5.10. The minimum absolute atomic E-state index is 0.0619. The van der Waals surface area contributed by atoms with Gasteiger partial charge in [0.1, 0.15) is 11.4 Å². The molecular formula is C19H22ClN5O2. The maximum absolute atomic E-state index is 12.9. The number of hydrogen-bond donors (Lipinski definition) is 0. The molecule has 3 rings (SSSR count). The van der Waals surface area contributed by atoms with Crippen LogP contribution in [0.15, 0.2) is 28.9 Å². The minimum Gasteiger partial charge on any atom is -0.333 e. The predicted molar refractivity (Wildman–Crippen MR) is 102 cm³/mol. The first kappa shape index (κ1) is 19.1. The summed E-state index contributed by atoms with van der Waals surface area (Å²) in [6.07, 6.45) is 0. The van der Waals surface area contributed by atoms with E-state index in [0.29, 0.717) is 41.6 Å². The van der Waals surface area contributed by atoms with Gasteiger partial charge >= 0.3 is 0 Å². The van der Waals surface area contributed by atoms with Crippen molar-refractivity contribution in [2.45, 2.75) is 40.8 Å². The molecule has 1 aromatic carbocycles. The molecule has 0 saturated carbocycles. The number of carbonyl (C=O) groups excluding carboxylic acids is 1. The monoisotopic (exact) mass is 387 g/mol. The third kappa shape index (κ3) is 4.03. The van der Waals surface area contributed by atoms with E-state index >= 15 is 0 Å². The van der Waals surface area contributed by atoms with E-state index in [0.717, 1.165) is 17.0 Å². The Morgan fingerprint density at radius 3 is 2.59 bits per heavy atom. The van der Waals surface area contributed by atoms with Gasteiger partial charge in [-0.3, -0.25) is 9.48 Å². The van der Waals surface area contributed by atoms with Crippen LogP contribution in [0.25, 0.3) is 0 Å². The van der Waals surface area contributed by atoms with Crippen LogP contribution in [-0.4, -0.2) is 37.4 Å². The molecule has 8 heteroatoms. The highest BCUT2D eigenvalue weighted by molar-refractivity contribution is 6.31. The van der Waals surface area contributed by atoms with E-state index in [9.17, 15) is 4.79 Å². The van der Waals surface area contributed by atoms with Crippen LogP contribution in [0, 0.1) is 20.8 Å².